The van der Waals surface area contributed by atoms with Crippen LogP contribution in [-0.2, 0) is 11.3 Å². The highest BCUT2D eigenvalue weighted by Crippen LogP contribution is 2.41. The van der Waals surface area contributed by atoms with E-state index in [1.165, 1.54) is 24.2 Å². The molecule has 1 saturated carbocycles. The molecule has 6 heteroatoms. The maximum atomic E-state index is 11.9. The lowest BCUT2D eigenvalue weighted by atomic mass is 9.92. The van der Waals surface area contributed by atoms with Gasteiger partial charge >= 0.3 is 0 Å². The fraction of sp³-hybridized carbons (Fsp3) is 0.435. The van der Waals surface area contributed by atoms with Crippen LogP contribution in [0.3, 0.4) is 0 Å². The quantitative estimate of drug-likeness (QED) is 0.689. The number of aldehydes is 1. The summed E-state index contributed by atoms with van der Waals surface area (Å²) in [6.07, 6.45) is 4.54. The van der Waals surface area contributed by atoms with Crippen LogP contribution in [0.15, 0.2) is 42.5 Å². The van der Waals surface area contributed by atoms with Gasteiger partial charge in [0.25, 0.3) is 0 Å². The molecule has 0 amide bonds. The maximum absolute atomic E-state index is 11.9. The van der Waals surface area contributed by atoms with Gasteiger partial charge in [-0.3, -0.25) is 4.90 Å². The highest BCUT2D eigenvalue weighted by Gasteiger charge is 2.44. The number of carbonyl (C=O) groups excluding carboxylic acids is 1. The number of rotatable bonds is 5. The molecule has 2 aromatic carbocycles. The molecule has 3 aliphatic rings. The summed E-state index contributed by atoms with van der Waals surface area (Å²) in [4.78, 5) is 16.9. The molecule has 29 heavy (non-hydrogen) atoms. The molecule has 2 aliphatic heterocycles. The smallest absolute Gasteiger partial charge is 0.124 e. The minimum absolute atomic E-state index is 0.0248. The number of fused-ring (bicyclic) bond motifs is 1. The zero-order chi connectivity index (χ0) is 20.0. The second-order valence-electron chi connectivity index (χ2n) is 8.44. The number of nitrogens with one attached hydrogen (secondary N) is 1. The number of hydrogen-bond donors (Lipinski definition) is 1. The summed E-state index contributed by atoms with van der Waals surface area (Å²) in [5.41, 5.74) is 3.48. The van der Waals surface area contributed by atoms with Crippen molar-refractivity contribution in [2.75, 3.05) is 23.3 Å². The van der Waals surface area contributed by atoms with Crippen molar-refractivity contribution >= 4 is 40.9 Å². The second-order valence-corrected chi connectivity index (χ2v) is 9.28. The van der Waals surface area contributed by atoms with Gasteiger partial charge < -0.3 is 15.0 Å². The van der Waals surface area contributed by atoms with Crippen LogP contribution >= 0.6 is 23.2 Å². The molecule has 1 N–H and O–H groups in total. The summed E-state index contributed by atoms with van der Waals surface area (Å²) in [6, 6.07) is 15.1. The van der Waals surface area contributed by atoms with Gasteiger partial charge in [-0.05, 0) is 61.7 Å². The Morgan fingerprint density at radius 1 is 1.10 bits per heavy atom. The van der Waals surface area contributed by atoms with E-state index < -0.39 is 0 Å². The van der Waals surface area contributed by atoms with Crippen LogP contribution in [0.1, 0.15) is 24.8 Å². The lowest BCUT2D eigenvalue weighted by Gasteiger charge is -2.43. The first-order chi connectivity index (χ1) is 14.1. The van der Waals surface area contributed by atoms with Crippen molar-refractivity contribution in [3.05, 3.63) is 58.1 Å². The molecule has 5 rings (SSSR count). The van der Waals surface area contributed by atoms with Crippen LogP contribution < -0.4 is 10.2 Å². The van der Waals surface area contributed by atoms with Crippen LogP contribution in [-0.4, -0.2) is 42.4 Å². The standard InChI is InChI=1S/C23H25Cl2N3O/c24-17-5-8-19(25)16(11-17)12-27-10-9-15(14-29)23(27)21-13-28(18-6-7-18)22-4-2-1-3-20(22)26-21/h1-5,8,11,14-15,18,21,23,26H,6-7,9-10,12-13H2. The monoisotopic (exact) mass is 429 g/mol. The molecule has 2 aromatic rings. The number of hydrogen-bond acceptors (Lipinski definition) is 4. The van der Waals surface area contributed by atoms with Gasteiger partial charge in [0.2, 0.25) is 0 Å². The number of carbonyl (C=O) groups is 1. The van der Waals surface area contributed by atoms with Crippen LogP contribution in [0.25, 0.3) is 0 Å². The molecule has 0 spiro atoms. The van der Waals surface area contributed by atoms with Gasteiger partial charge in [0, 0.05) is 41.1 Å². The summed E-state index contributed by atoms with van der Waals surface area (Å²) in [6.45, 7) is 2.52. The highest BCUT2D eigenvalue weighted by molar-refractivity contribution is 6.33. The van der Waals surface area contributed by atoms with Crippen molar-refractivity contribution < 1.29 is 4.79 Å². The third kappa shape index (κ3) is 3.74. The van der Waals surface area contributed by atoms with E-state index in [1.807, 2.05) is 18.2 Å². The Hall–Kier alpha value is -1.75. The Labute approximate surface area is 181 Å². The molecule has 0 radical (unpaired) electrons. The topological polar surface area (TPSA) is 35.6 Å². The average molecular weight is 430 g/mol. The molecule has 4 nitrogen and oxygen atoms in total. The molecule has 1 saturated heterocycles. The van der Waals surface area contributed by atoms with Gasteiger partial charge in [0.15, 0.2) is 0 Å². The fourth-order valence-corrected chi connectivity index (χ4v) is 5.37. The summed E-state index contributed by atoms with van der Waals surface area (Å²) >= 11 is 12.6. The third-order valence-corrected chi connectivity index (χ3v) is 7.12. The first kappa shape index (κ1) is 19.2. The first-order valence-electron chi connectivity index (χ1n) is 10.4. The second kappa shape index (κ2) is 7.82. The number of anilines is 2. The largest absolute Gasteiger partial charge is 0.377 e. The van der Waals surface area contributed by atoms with E-state index in [9.17, 15) is 4.79 Å². The van der Waals surface area contributed by atoms with E-state index in [4.69, 9.17) is 23.2 Å². The van der Waals surface area contributed by atoms with Gasteiger partial charge in [-0.15, -0.1) is 0 Å². The molecule has 3 atom stereocenters. The Bertz CT molecular complexity index is 917. The van der Waals surface area contributed by atoms with Crippen LogP contribution in [0.2, 0.25) is 10.0 Å². The summed E-state index contributed by atoms with van der Waals surface area (Å²) in [5.74, 6) is 0.0248. The van der Waals surface area contributed by atoms with Gasteiger partial charge in [-0.2, -0.15) is 0 Å². The minimum atomic E-state index is 0.0248. The Kier molecular flexibility index (Phi) is 5.19. The van der Waals surface area contributed by atoms with E-state index in [0.717, 1.165) is 36.4 Å². The SMILES string of the molecule is O=CC1CCN(Cc2cc(Cl)ccc2Cl)C1C1CN(C2CC2)c2ccccc2N1. The number of halogens is 2. The van der Waals surface area contributed by atoms with E-state index in [1.54, 1.807) is 0 Å². The van der Waals surface area contributed by atoms with E-state index in [0.29, 0.717) is 17.6 Å². The van der Waals surface area contributed by atoms with Crippen molar-refractivity contribution in [2.24, 2.45) is 5.92 Å². The van der Waals surface area contributed by atoms with Crippen molar-refractivity contribution in [3.63, 3.8) is 0 Å². The van der Waals surface area contributed by atoms with Gasteiger partial charge in [0.1, 0.15) is 6.29 Å². The number of likely N-dealkylation sites (tertiary alicyclic amines) is 1. The third-order valence-electron chi connectivity index (χ3n) is 6.51. The predicted molar refractivity (Wildman–Crippen MR) is 119 cm³/mol. The van der Waals surface area contributed by atoms with E-state index >= 15 is 0 Å². The Morgan fingerprint density at radius 2 is 1.93 bits per heavy atom. The Morgan fingerprint density at radius 3 is 2.72 bits per heavy atom. The van der Waals surface area contributed by atoms with Crippen molar-refractivity contribution in [3.8, 4) is 0 Å². The normalized spacial score (nSPS) is 26.8. The molecular weight excluding hydrogens is 405 g/mol. The minimum Gasteiger partial charge on any atom is -0.377 e. The molecule has 0 aromatic heterocycles. The van der Waals surface area contributed by atoms with Crippen LogP contribution in [0.4, 0.5) is 11.4 Å². The highest BCUT2D eigenvalue weighted by atomic mass is 35.5. The summed E-state index contributed by atoms with van der Waals surface area (Å²) in [7, 11) is 0. The molecule has 1 aliphatic carbocycles. The molecular formula is C23H25Cl2N3O. The molecule has 0 bridgehead atoms. The van der Waals surface area contributed by atoms with Crippen molar-refractivity contribution in [1.29, 1.82) is 0 Å². The van der Waals surface area contributed by atoms with Gasteiger partial charge in [-0.1, -0.05) is 35.3 Å². The van der Waals surface area contributed by atoms with E-state index in [-0.39, 0.29) is 18.0 Å². The average Bonchev–Trinajstić information content (AvgIpc) is 3.50. The number of nitrogens with zero attached hydrogens (tertiary/aromatic N) is 2. The van der Waals surface area contributed by atoms with Crippen molar-refractivity contribution in [2.45, 2.75) is 43.9 Å². The van der Waals surface area contributed by atoms with Crippen LogP contribution in [0, 0.1) is 5.92 Å². The lowest BCUT2D eigenvalue weighted by molar-refractivity contribution is -0.111. The van der Waals surface area contributed by atoms with Crippen LogP contribution in [0.5, 0.6) is 0 Å². The fourth-order valence-electron chi connectivity index (χ4n) is 5.00. The van der Waals surface area contributed by atoms with Gasteiger partial charge in [0.05, 0.1) is 17.4 Å². The number of para-hydroxylation sites is 2. The maximum Gasteiger partial charge on any atom is 0.124 e. The molecule has 152 valence electrons. The summed E-state index contributed by atoms with van der Waals surface area (Å²) < 4.78 is 0. The van der Waals surface area contributed by atoms with Crippen molar-refractivity contribution in [1.82, 2.24) is 4.90 Å². The number of benzene rings is 2. The summed E-state index contributed by atoms with van der Waals surface area (Å²) in [5, 5.41) is 5.17. The molecule has 2 fully saturated rings. The molecule has 3 unspecified atom stereocenters. The lowest BCUT2D eigenvalue weighted by Crippen LogP contribution is -2.54. The molecule has 2 heterocycles. The predicted octanol–water partition coefficient (Wildman–Crippen LogP) is 4.85. The zero-order valence-corrected chi connectivity index (χ0v) is 17.7. The first-order valence-corrected chi connectivity index (χ1v) is 11.1. The Balaban J connectivity index is 1.44. The van der Waals surface area contributed by atoms with Gasteiger partial charge in [-0.25, -0.2) is 0 Å². The zero-order valence-electron chi connectivity index (χ0n) is 16.2. The van der Waals surface area contributed by atoms with E-state index in [2.05, 4.69) is 39.4 Å².